The lowest BCUT2D eigenvalue weighted by molar-refractivity contribution is 0.550. The maximum absolute atomic E-state index is 5.87. The summed E-state index contributed by atoms with van der Waals surface area (Å²) in [5.74, 6) is 0.822. The van der Waals surface area contributed by atoms with Gasteiger partial charge in [-0.25, -0.2) is 0 Å². The first-order valence-electron chi connectivity index (χ1n) is 5.46. The number of thiocarbonyl (C=S) groups is 1. The second kappa shape index (κ2) is 5.02. The molecule has 0 saturated heterocycles. The van der Waals surface area contributed by atoms with Crippen LogP contribution in [0.3, 0.4) is 0 Å². The van der Waals surface area contributed by atoms with Crippen LogP contribution in [0.1, 0.15) is 30.9 Å². The van der Waals surface area contributed by atoms with Gasteiger partial charge in [0.05, 0.1) is 6.04 Å². The number of hydrogen-bond donors (Lipinski definition) is 2. The summed E-state index contributed by atoms with van der Waals surface area (Å²) >= 11 is 10.8. The van der Waals surface area contributed by atoms with Crippen LogP contribution in [0.15, 0.2) is 24.3 Å². The maximum atomic E-state index is 5.87. The first kappa shape index (κ1) is 11.7. The van der Waals surface area contributed by atoms with Crippen molar-refractivity contribution in [3.63, 3.8) is 0 Å². The predicted molar refractivity (Wildman–Crippen MR) is 71.5 cm³/mol. The Labute approximate surface area is 106 Å². The smallest absolute Gasteiger partial charge is 0.164 e. The van der Waals surface area contributed by atoms with Gasteiger partial charge in [0.25, 0.3) is 0 Å². The van der Waals surface area contributed by atoms with Crippen molar-refractivity contribution in [1.29, 1.82) is 0 Å². The number of benzene rings is 1. The third-order valence-corrected chi connectivity index (χ3v) is 3.22. The zero-order chi connectivity index (χ0) is 11.5. The largest absolute Gasteiger partial charge is 0.376 e. The molecule has 1 aromatic rings. The van der Waals surface area contributed by atoms with Crippen molar-refractivity contribution in [1.82, 2.24) is 5.32 Å². The molecule has 1 aliphatic carbocycles. The minimum Gasteiger partial charge on any atom is -0.376 e. The summed E-state index contributed by atoms with van der Waals surface area (Å²) in [5.41, 5.74) is 6.75. The molecule has 0 radical (unpaired) electrons. The van der Waals surface area contributed by atoms with E-state index in [4.69, 9.17) is 29.6 Å². The highest BCUT2D eigenvalue weighted by molar-refractivity contribution is 7.80. The number of nitrogens with two attached hydrogens (primary N) is 1. The highest BCUT2D eigenvalue weighted by Crippen LogP contribution is 2.37. The monoisotopic (exact) mass is 254 g/mol. The first-order chi connectivity index (χ1) is 7.65. The molecule has 0 amide bonds. The van der Waals surface area contributed by atoms with Crippen LogP contribution in [0.2, 0.25) is 5.02 Å². The molecule has 1 atom stereocenters. The van der Waals surface area contributed by atoms with Crippen LogP contribution in [0, 0.1) is 5.92 Å². The van der Waals surface area contributed by atoms with Gasteiger partial charge >= 0.3 is 0 Å². The standard InChI is InChI=1S/C12H15ClN2S/c13-10-5-3-9(4-6-10)11(15-12(14)16)7-8-1-2-8/h3-6,8,11H,1-2,7H2,(H3,14,15,16)/t11-/m0/s1. The van der Waals surface area contributed by atoms with Crippen LogP contribution in [0.4, 0.5) is 0 Å². The van der Waals surface area contributed by atoms with Gasteiger partial charge in [0.1, 0.15) is 0 Å². The lowest BCUT2D eigenvalue weighted by atomic mass is 10.0. The predicted octanol–water partition coefficient (Wildman–Crippen LogP) is 3.01. The Morgan fingerprint density at radius 1 is 1.44 bits per heavy atom. The lowest BCUT2D eigenvalue weighted by Gasteiger charge is -2.19. The molecule has 1 fully saturated rings. The van der Waals surface area contributed by atoms with Crippen molar-refractivity contribution in [2.75, 3.05) is 0 Å². The fraction of sp³-hybridized carbons (Fsp3) is 0.417. The van der Waals surface area contributed by atoms with Crippen LogP contribution in [-0.4, -0.2) is 5.11 Å². The summed E-state index contributed by atoms with van der Waals surface area (Å²) in [5, 5.41) is 4.27. The molecule has 0 aliphatic heterocycles. The van der Waals surface area contributed by atoms with Crippen LogP contribution in [-0.2, 0) is 0 Å². The first-order valence-corrected chi connectivity index (χ1v) is 6.25. The molecule has 3 N–H and O–H groups in total. The van der Waals surface area contributed by atoms with Crippen LogP contribution >= 0.6 is 23.8 Å². The van der Waals surface area contributed by atoms with Crippen molar-refractivity contribution in [3.05, 3.63) is 34.9 Å². The highest BCUT2D eigenvalue weighted by Gasteiger charge is 2.26. The molecular formula is C12H15ClN2S. The summed E-state index contributed by atoms with van der Waals surface area (Å²) in [6, 6.07) is 8.08. The average molecular weight is 255 g/mol. The van der Waals surface area contributed by atoms with E-state index in [0.717, 1.165) is 17.4 Å². The third kappa shape index (κ3) is 3.35. The summed E-state index contributed by atoms with van der Waals surface area (Å²) < 4.78 is 0. The number of hydrogen-bond acceptors (Lipinski definition) is 1. The van der Waals surface area contributed by atoms with Crippen LogP contribution < -0.4 is 11.1 Å². The van der Waals surface area contributed by atoms with Crippen molar-refractivity contribution < 1.29 is 0 Å². The molecule has 0 bridgehead atoms. The number of rotatable bonds is 4. The second-order valence-electron chi connectivity index (χ2n) is 4.29. The molecule has 0 unspecified atom stereocenters. The molecular weight excluding hydrogens is 240 g/mol. The van der Waals surface area contributed by atoms with Gasteiger partial charge in [0.2, 0.25) is 0 Å². The Morgan fingerprint density at radius 3 is 2.56 bits per heavy atom. The van der Waals surface area contributed by atoms with Crippen molar-refractivity contribution in [2.24, 2.45) is 11.7 Å². The highest BCUT2D eigenvalue weighted by atomic mass is 35.5. The maximum Gasteiger partial charge on any atom is 0.164 e. The van der Waals surface area contributed by atoms with Gasteiger partial charge in [-0.3, -0.25) is 0 Å². The quantitative estimate of drug-likeness (QED) is 0.812. The van der Waals surface area contributed by atoms with E-state index in [1.54, 1.807) is 0 Å². The Kier molecular flexibility index (Phi) is 3.66. The zero-order valence-electron chi connectivity index (χ0n) is 8.95. The van der Waals surface area contributed by atoms with Gasteiger partial charge in [0.15, 0.2) is 5.11 Å². The van der Waals surface area contributed by atoms with Crippen LogP contribution in [0.25, 0.3) is 0 Å². The van der Waals surface area contributed by atoms with E-state index in [9.17, 15) is 0 Å². The fourth-order valence-corrected chi connectivity index (χ4v) is 2.10. The second-order valence-corrected chi connectivity index (χ2v) is 5.17. The Bertz CT molecular complexity index is 373. The molecule has 16 heavy (non-hydrogen) atoms. The summed E-state index contributed by atoms with van der Waals surface area (Å²) in [6.07, 6.45) is 3.74. The van der Waals surface area contributed by atoms with E-state index in [1.165, 1.54) is 18.4 Å². The van der Waals surface area contributed by atoms with Crippen LogP contribution in [0.5, 0.6) is 0 Å². The molecule has 0 heterocycles. The number of halogens is 1. The summed E-state index contributed by atoms with van der Waals surface area (Å²) in [4.78, 5) is 0. The minimum atomic E-state index is 0.224. The summed E-state index contributed by atoms with van der Waals surface area (Å²) in [6.45, 7) is 0. The van der Waals surface area contributed by atoms with Gasteiger partial charge in [-0.15, -0.1) is 0 Å². The van der Waals surface area contributed by atoms with Crippen molar-refractivity contribution >= 4 is 28.9 Å². The molecule has 0 spiro atoms. The molecule has 1 aromatic carbocycles. The van der Waals surface area contributed by atoms with E-state index < -0.39 is 0 Å². The molecule has 86 valence electrons. The van der Waals surface area contributed by atoms with Gasteiger partial charge in [-0.2, -0.15) is 0 Å². The molecule has 1 saturated carbocycles. The topological polar surface area (TPSA) is 38.0 Å². The Morgan fingerprint density at radius 2 is 2.06 bits per heavy atom. The average Bonchev–Trinajstić information content (AvgIpc) is 3.01. The van der Waals surface area contributed by atoms with E-state index in [-0.39, 0.29) is 6.04 Å². The lowest BCUT2D eigenvalue weighted by Crippen LogP contribution is -2.33. The van der Waals surface area contributed by atoms with Gasteiger partial charge in [0, 0.05) is 5.02 Å². The minimum absolute atomic E-state index is 0.224. The molecule has 2 nitrogen and oxygen atoms in total. The Balaban J connectivity index is 2.09. The van der Waals surface area contributed by atoms with E-state index in [2.05, 4.69) is 5.32 Å². The summed E-state index contributed by atoms with van der Waals surface area (Å²) in [7, 11) is 0. The molecule has 0 aromatic heterocycles. The van der Waals surface area contributed by atoms with Gasteiger partial charge in [-0.1, -0.05) is 36.6 Å². The van der Waals surface area contributed by atoms with E-state index in [0.29, 0.717) is 5.11 Å². The number of nitrogens with one attached hydrogen (secondary N) is 1. The molecule has 4 heteroatoms. The van der Waals surface area contributed by atoms with Gasteiger partial charge < -0.3 is 11.1 Å². The zero-order valence-corrected chi connectivity index (χ0v) is 10.5. The van der Waals surface area contributed by atoms with Crippen molar-refractivity contribution in [2.45, 2.75) is 25.3 Å². The molecule has 1 aliphatic rings. The Hall–Kier alpha value is -0.800. The van der Waals surface area contributed by atoms with E-state index in [1.807, 2.05) is 24.3 Å². The normalized spacial score (nSPS) is 16.8. The fourth-order valence-electron chi connectivity index (χ4n) is 1.83. The van der Waals surface area contributed by atoms with E-state index >= 15 is 0 Å². The van der Waals surface area contributed by atoms with Gasteiger partial charge in [-0.05, 0) is 42.3 Å². The van der Waals surface area contributed by atoms with Crippen molar-refractivity contribution in [3.8, 4) is 0 Å². The SMILES string of the molecule is NC(=S)N[C@@H](CC1CC1)c1ccc(Cl)cc1. The third-order valence-electron chi connectivity index (χ3n) is 2.85. The molecule has 2 rings (SSSR count).